The minimum atomic E-state index is -0.262. The highest BCUT2D eigenvalue weighted by molar-refractivity contribution is 6.02. The van der Waals surface area contributed by atoms with Gasteiger partial charge in [0.05, 0.1) is 5.56 Å². The minimum absolute atomic E-state index is 0.00625. The van der Waals surface area contributed by atoms with Crippen molar-refractivity contribution < 1.29 is 19.8 Å². The van der Waals surface area contributed by atoms with Crippen molar-refractivity contribution in [1.29, 1.82) is 0 Å². The van der Waals surface area contributed by atoms with E-state index in [-0.39, 0.29) is 29.2 Å². The lowest BCUT2D eigenvalue weighted by Crippen LogP contribution is -2.27. The van der Waals surface area contributed by atoms with Gasteiger partial charge in [-0.25, -0.2) is 0 Å². The summed E-state index contributed by atoms with van der Waals surface area (Å²) < 4.78 is 5.78. The lowest BCUT2D eigenvalue weighted by atomic mass is 9.84. The Morgan fingerprint density at radius 2 is 1.70 bits per heavy atom. The van der Waals surface area contributed by atoms with Crippen molar-refractivity contribution in [2.45, 2.75) is 47.0 Å². The van der Waals surface area contributed by atoms with Gasteiger partial charge in [-0.05, 0) is 56.0 Å². The lowest BCUT2D eigenvalue weighted by Gasteiger charge is -2.30. The SMILES string of the molecule is CCN(C)C(=O)c1ccc(OC/C(=N\O)c2ccc(N(CC)CC)c(C(C)(C)C)c2)cc1O. The van der Waals surface area contributed by atoms with E-state index in [1.807, 2.05) is 19.1 Å². The first-order valence-electron chi connectivity index (χ1n) is 11.4. The number of ether oxygens (including phenoxy) is 1. The average Bonchev–Trinajstić information content (AvgIpc) is 2.79. The molecule has 0 saturated heterocycles. The molecule has 0 atom stereocenters. The number of phenolic OH excluding ortho intramolecular Hbond substituents is 1. The largest absolute Gasteiger partial charge is 0.507 e. The predicted molar refractivity (Wildman–Crippen MR) is 133 cm³/mol. The molecule has 0 saturated carbocycles. The van der Waals surface area contributed by atoms with E-state index in [1.54, 1.807) is 13.1 Å². The van der Waals surface area contributed by atoms with Gasteiger partial charge in [0.15, 0.2) is 0 Å². The highest BCUT2D eigenvalue weighted by atomic mass is 16.5. The summed E-state index contributed by atoms with van der Waals surface area (Å²) in [4.78, 5) is 16.1. The summed E-state index contributed by atoms with van der Waals surface area (Å²) in [5, 5.41) is 23.4. The van der Waals surface area contributed by atoms with Crippen LogP contribution >= 0.6 is 0 Å². The van der Waals surface area contributed by atoms with E-state index in [1.165, 1.54) is 17.0 Å². The number of phenols is 1. The first kappa shape index (κ1) is 26.0. The summed E-state index contributed by atoms with van der Waals surface area (Å²) in [7, 11) is 1.67. The van der Waals surface area contributed by atoms with Gasteiger partial charge in [-0.15, -0.1) is 0 Å². The van der Waals surface area contributed by atoms with Crippen molar-refractivity contribution in [3.63, 3.8) is 0 Å². The van der Waals surface area contributed by atoms with Crippen molar-refractivity contribution in [2.75, 3.05) is 38.2 Å². The van der Waals surface area contributed by atoms with Crippen molar-refractivity contribution in [3.8, 4) is 11.5 Å². The molecule has 33 heavy (non-hydrogen) atoms. The van der Waals surface area contributed by atoms with Crippen LogP contribution in [0.2, 0.25) is 0 Å². The van der Waals surface area contributed by atoms with Crippen LogP contribution in [0.15, 0.2) is 41.6 Å². The summed E-state index contributed by atoms with van der Waals surface area (Å²) in [6, 6.07) is 10.6. The molecule has 0 aliphatic rings. The van der Waals surface area contributed by atoms with Gasteiger partial charge >= 0.3 is 0 Å². The molecule has 2 aromatic carbocycles. The number of rotatable bonds is 9. The van der Waals surface area contributed by atoms with Gasteiger partial charge in [0.2, 0.25) is 0 Å². The van der Waals surface area contributed by atoms with Crippen molar-refractivity contribution in [1.82, 2.24) is 4.90 Å². The fourth-order valence-electron chi connectivity index (χ4n) is 3.61. The van der Waals surface area contributed by atoms with Gasteiger partial charge in [0, 0.05) is 44.0 Å². The number of aromatic hydroxyl groups is 1. The van der Waals surface area contributed by atoms with Crippen LogP contribution in [0.3, 0.4) is 0 Å². The monoisotopic (exact) mass is 455 g/mol. The molecule has 180 valence electrons. The molecule has 0 aliphatic carbocycles. The Bertz CT molecular complexity index is 992. The Hall–Kier alpha value is -3.22. The first-order valence-corrected chi connectivity index (χ1v) is 11.4. The average molecular weight is 456 g/mol. The third-order valence-corrected chi connectivity index (χ3v) is 5.76. The third-order valence-electron chi connectivity index (χ3n) is 5.76. The van der Waals surface area contributed by atoms with E-state index in [0.29, 0.717) is 18.0 Å². The molecule has 1 amide bonds. The Morgan fingerprint density at radius 3 is 2.21 bits per heavy atom. The van der Waals surface area contributed by atoms with Crippen LogP contribution in [0.25, 0.3) is 0 Å². The smallest absolute Gasteiger partial charge is 0.257 e. The van der Waals surface area contributed by atoms with E-state index in [4.69, 9.17) is 4.74 Å². The summed E-state index contributed by atoms with van der Waals surface area (Å²) in [6.45, 7) is 15.0. The number of oxime groups is 1. The topological polar surface area (TPSA) is 85.6 Å². The van der Waals surface area contributed by atoms with Crippen LogP contribution in [0.1, 0.15) is 63.0 Å². The zero-order chi connectivity index (χ0) is 24.8. The molecular formula is C26H37N3O4. The standard InChI is InChI=1S/C26H37N3O4/c1-8-28(7)25(31)20-13-12-19(16-24(20)30)33-17-22(27-32)18-11-14-23(29(9-2)10-3)21(15-18)26(4,5)6/h11-16,30,32H,8-10,17H2,1-7H3/b27-22+. The molecule has 0 bridgehead atoms. The fourth-order valence-corrected chi connectivity index (χ4v) is 3.61. The fraction of sp³-hybridized carbons (Fsp3) is 0.462. The predicted octanol–water partition coefficient (Wildman–Crippen LogP) is 4.89. The molecule has 0 radical (unpaired) electrons. The Kier molecular flexibility index (Phi) is 8.74. The van der Waals surface area contributed by atoms with Gasteiger partial charge in [-0.3, -0.25) is 4.79 Å². The zero-order valence-corrected chi connectivity index (χ0v) is 20.8. The lowest BCUT2D eigenvalue weighted by molar-refractivity contribution is 0.0799. The Balaban J connectivity index is 2.27. The van der Waals surface area contributed by atoms with Crippen LogP contribution in [0.5, 0.6) is 11.5 Å². The second kappa shape index (κ2) is 11.1. The van der Waals surface area contributed by atoms with E-state index < -0.39 is 0 Å². The van der Waals surface area contributed by atoms with E-state index in [2.05, 4.69) is 50.7 Å². The van der Waals surface area contributed by atoms with Crippen molar-refractivity contribution >= 4 is 17.3 Å². The van der Waals surface area contributed by atoms with E-state index in [0.717, 1.165) is 29.9 Å². The molecular weight excluding hydrogens is 418 g/mol. The van der Waals surface area contributed by atoms with Gasteiger partial charge in [-0.2, -0.15) is 0 Å². The molecule has 0 fully saturated rings. The number of benzene rings is 2. The number of amides is 1. The maximum absolute atomic E-state index is 12.3. The number of anilines is 1. The number of nitrogens with zero attached hydrogens (tertiary/aromatic N) is 3. The van der Waals surface area contributed by atoms with Crippen LogP contribution < -0.4 is 9.64 Å². The maximum atomic E-state index is 12.3. The van der Waals surface area contributed by atoms with Crippen molar-refractivity contribution in [2.24, 2.45) is 5.16 Å². The summed E-state index contributed by atoms with van der Waals surface area (Å²) in [5.74, 6) is -0.0406. The highest BCUT2D eigenvalue weighted by Crippen LogP contribution is 2.33. The summed E-state index contributed by atoms with van der Waals surface area (Å²) in [6.07, 6.45) is 0. The van der Waals surface area contributed by atoms with E-state index >= 15 is 0 Å². The minimum Gasteiger partial charge on any atom is -0.507 e. The van der Waals surface area contributed by atoms with Crippen LogP contribution in [-0.2, 0) is 5.41 Å². The molecule has 7 heteroatoms. The molecule has 2 rings (SSSR count). The molecule has 7 nitrogen and oxygen atoms in total. The molecule has 0 aromatic heterocycles. The summed E-state index contributed by atoms with van der Waals surface area (Å²) >= 11 is 0. The van der Waals surface area contributed by atoms with Crippen LogP contribution in [-0.4, -0.2) is 60.1 Å². The maximum Gasteiger partial charge on any atom is 0.257 e. The first-order chi connectivity index (χ1) is 15.6. The van der Waals surface area contributed by atoms with E-state index in [9.17, 15) is 15.1 Å². The Labute approximate surface area is 197 Å². The molecule has 0 spiro atoms. The second-order valence-electron chi connectivity index (χ2n) is 8.99. The molecule has 2 N–H and O–H groups in total. The molecule has 0 heterocycles. The zero-order valence-electron chi connectivity index (χ0n) is 20.8. The normalized spacial score (nSPS) is 11.9. The summed E-state index contributed by atoms with van der Waals surface area (Å²) in [5.41, 5.74) is 3.57. The van der Waals surface area contributed by atoms with Crippen LogP contribution in [0.4, 0.5) is 5.69 Å². The van der Waals surface area contributed by atoms with Gasteiger partial charge in [0.25, 0.3) is 5.91 Å². The van der Waals surface area contributed by atoms with Crippen molar-refractivity contribution in [3.05, 3.63) is 53.1 Å². The Morgan fingerprint density at radius 1 is 1.03 bits per heavy atom. The highest BCUT2D eigenvalue weighted by Gasteiger charge is 2.22. The number of carbonyl (C=O) groups is 1. The number of carbonyl (C=O) groups excluding carboxylic acids is 1. The second-order valence-corrected chi connectivity index (χ2v) is 8.99. The van der Waals surface area contributed by atoms with Gasteiger partial charge in [0.1, 0.15) is 23.8 Å². The molecule has 0 unspecified atom stereocenters. The molecule has 2 aromatic rings. The third kappa shape index (κ3) is 6.18. The number of hydrogen-bond acceptors (Lipinski definition) is 6. The van der Waals surface area contributed by atoms with Crippen LogP contribution in [0, 0.1) is 0 Å². The molecule has 0 aliphatic heterocycles. The van der Waals surface area contributed by atoms with Gasteiger partial charge < -0.3 is 24.9 Å². The number of hydrogen-bond donors (Lipinski definition) is 2. The quantitative estimate of drug-likeness (QED) is 0.320. The van der Waals surface area contributed by atoms with Gasteiger partial charge in [-0.1, -0.05) is 32.0 Å².